The fourth-order valence-corrected chi connectivity index (χ4v) is 22.8. The van der Waals surface area contributed by atoms with Crippen molar-refractivity contribution in [1.29, 1.82) is 0 Å². The number of carbonyl (C=O) groups excluding carboxylic acids is 1. The third kappa shape index (κ3) is 13.0. The molecule has 5 saturated carbocycles. The van der Waals surface area contributed by atoms with Gasteiger partial charge in [-0.15, -0.1) is 34.0 Å². The van der Waals surface area contributed by atoms with Crippen LogP contribution in [-0.2, 0) is 22.2 Å². The Morgan fingerprint density at radius 3 is 1.23 bits per heavy atom. The number of halogens is 8. The zero-order valence-corrected chi connectivity index (χ0v) is 69.3. The van der Waals surface area contributed by atoms with Crippen LogP contribution in [-0.4, -0.2) is 123 Å². The minimum absolute atomic E-state index is 0.126. The van der Waals surface area contributed by atoms with E-state index in [9.17, 15) is 39.9 Å². The predicted molar refractivity (Wildman–Crippen MR) is 453 cm³/mol. The molecule has 1 N–H and O–H groups in total. The lowest BCUT2D eigenvalue weighted by atomic mass is 10.0. The Bertz CT molecular complexity index is 6760. The van der Waals surface area contributed by atoms with Gasteiger partial charge in [-0.05, 0) is 216 Å². The van der Waals surface area contributed by atoms with Gasteiger partial charge in [0.25, 0.3) is 0 Å². The minimum Gasteiger partial charge on any atom is -0.346 e. The molecule has 0 bridgehead atoms. The first kappa shape index (κ1) is 72.8. The first-order chi connectivity index (χ1) is 61.1. The van der Waals surface area contributed by atoms with Gasteiger partial charge in [-0.25, -0.2) is 92.9 Å². The lowest BCUT2D eigenvalue weighted by Crippen LogP contribution is -2.34. The zero-order valence-electron chi connectivity index (χ0n) is 70.8. The number of piperidine rings is 4. The van der Waals surface area contributed by atoms with E-state index < -0.39 is 76.2 Å². The largest absolute Gasteiger partial charge is 0.346 e. The molecule has 33 heteroatoms. The van der Waals surface area contributed by atoms with Crippen LogP contribution in [0.25, 0.3) is 54.2 Å². The van der Waals surface area contributed by atoms with Gasteiger partial charge in [-0.1, -0.05) is 20.8 Å². The van der Waals surface area contributed by atoms with Crippen LogP contribution in [0.3, 0.4) is 0 Å². The first-order valence-corrected chi connectivity index (χ1v) is 43.8. The minimum atomic E-state index is -2.17. The number of aryl methyl sites for hydroxylation is 1. The number of likely N-dealkylation sites (tertiary alicyclic amines) is 1. The Morgan fingerprint density at radius 2 is 0.846 bits per heavy atom. The number of benzene rings is 4. The van der Waals surface area contributed by atoms with Crippen molar-refractivity contribution < 1.29 is 45.4 Å². The van der Waals surface area contributed by atoms with Gasteiger partial charge in [0.15, 0.2) is 22.6 Å². The van der Waals surface area contributed by atoms with Gasteiger partial charge >= 0.3 is 6.03 Å². The van der Waals surface area contributed by atoms with Gasteiger partial charge < -0.3 is 29.8 Å². The molecule has 0 unspecified atom stereocenters. The summed E-state index contributed by atoms with van der Waals surface area (Å²) in [5.41, 5.74) is 4.82. The lowest BCUT2D eigenvalue weighted by molar-refractivity contribution is 0.221. The van der Waals surface area contributed by atoms with Gasteiger partial charge in [0.2, 0.25) is 0 Å². The summed E-state index contributed by atoms with van der Waals surface area (Å²) in [4.78, 5) is 58.5. The molecule has 2 amide bonds. The van der Waals surface area contributed by atoms with Crippen LogP contribution in [0.5, 0.6) is 0 Å². The van der Waals surface area contributed by atoms with Crippen molar-refractivity contribution in [2.45, 2.75) is 132 Å². The van der Waals surface area contributed by atoms with Crippen molar-refractivity contribution in [3.8, 4) is 31.6 Å². The van der Waals surface area contributed by atoms with Crippen molar-refractivity contribution in [3.05, 3.63) is 249 Å². The highest BCUT2D eigenvalue weighted by molar-refractivity contribution is 7.15. The Morgan fingerprint density at radius 1 is 0.455 bits per heavy atom. The van der Waals surface area contributed by atoms with Crippen LogP contribution in [0.15, 0.2) is 165 Å². The average molecular weight is 1720 g/mol. The number of nitrogens with one attached hydrogen (secondary N) is 1. The second-order valence-electron chi connectivity index (χ2n) is 34.0. The lowest BCUT2D eigenvalue weighted by Gasteiger charge is -2.30. The van der Waals surface area contributed by atoms with E-state index in [1.54, 1.807) is 79.1 Å². The van der Waals surface area contributed by atoms with Crippen molar-refractivity contribution >= 4 is 91.6 Å². The van der Waals surface area contributed by atoms with E-state index >= 15 is 0 Å². The Kier molecular flexibility index (Phi) is 17.3. The number of urea groups is 1. The molecular formula is C90H81F8N21OS3. The molecule has 10 fully saturated rings. The normalized spacial score (nSPS) is 25.5. The van der Waals surface area contributed by atoms with E-state index in [-0.39, 0.29) is 41.1 Å². The van der Waals surface area contributed by atoms with Crippen LogP contribution in [0.2, 0.25) is 0 Å². The van der Waals surface area contributed by atoms with Crippen molar-refractivity contribution in [2.75, 3.05) is 64.1 Å². The fraction of sp³-hybridized carbons (Fsp3) is 0.356. The number of rotatable bonds is 14. The summed E-state index contributed by atoms with van der Waals surface area (Å²) in [6.07, 6.45) is 28.9. The molecule has 15 aromatic rings. The summed E-state index contributed by atoms with van der Waals surface area (Å²) in [5, 5.41) is 22.9. The Hall–Kier alpha value is -11.8. The highest BCUT2D eigenvalue weighted by Crippen LogP contribution is 2.68. The van der Waals surface area contributed by atoms with Crippen molar-refractivity contribution in [3.63, 3.8) is 0 Å². The van der Waals surface area contributed by atoms with Gasteiger partial charge in [-0.2, -0.15) is 20.4 Å². The Labute approximate surface area is 717 Å². The molecule has 123 heavy (non-hydrogen) atoms. The molecule has 5 aliphatic carbocycles. The second kappa shape index (κ2) is 29.2. The fourth-order valence-electron chi connectivity index (χ4n) is 20.0. The van der Waals surface area contributed by atoms with Crippen LogP contribution >= 0.6 is 34.0 Å². The smallest absolute Gasteiger partial charge is 0.321 e. The van der Waals surface area contributed by atoms with Crippen LogP contribution < -0.4 is 24.9 Å². The van der Waals surface area contributed by atoms with Gasteiger partial charge in [0.1, 0.15) is 85.5 Å². The van der Waals surface area contributed by atoms with E-state index in [1.165, 1.54) is 94.0 Å². The topological polar surface area (TPSA) is 205 Å². The number of nitrogens with zero attached hydrogens (tertiary/aromatic N) is 20. The molecule has 5 aliphatic heterocycles. The second-order valence-corrected chi connectivity index (χ2v) is 37.3. The molecule has 11 aromatic heterocycles. The van der Waals surface area contributed by atoms with Gasteiger partial charge in [0, 0.05) is 120 Å². The first-order valence-electron chi connectivity index (χ1n) is 43.4. The number of thiazole rings is 3. The monoisotopic (exact) mass is 1720 g/mol. The predicted octanol–water partition coefficient (Wildman–Crippen LogP) is 19.1. The number of fused-ring (bicyclic) bond motifs is 8. The summed E-state index contributed by atoms with van der Waals surface area (Å²) in [6.45, 7) is 6.40. The van der Waals surface area contributed by atoms with E-state index in [4.69, 9.17) is 20.4 Å². The molecule has 22 nitrogen and oxygen atoms in total. The summed E-state index contributed by atoms with van der Waals surface area (Å²) < 4.78 is 154. The van der Waals surface area contributed by atoms with Gasteiger partial charge in [0.05, 0.1) is 73.5 Å². The highest BCUT2D eigenvalue weighted by Gasteiger charge is 2.68. The van der Waals surface area contributed by atoms with Crippen LogP contribution in [0.4, 0.5) is 68.9 Å². The quantitative estimate of drug-likeness (QED) is 0.101. The van der Waals surface area contributed by atoms with E-state index in [1.807, 2.05) is 73.4 Å². The maximum atomic E-state index is 14.8. The van der Waals surface area contributed by atoms with E-state index in [0.717, 1.165) is 148 Å². The number of anilines is 5. The van der Waals surface area contributed by atoms with Gasteiger partial charge in [-0.3, -0.25) is 0 Å². The maximum Gasteiger partial charge on any atom is 0.321 e. The third-order valence-corrected chi connectivity index (χ3v) is 29.9. The van der Waals surface area contributed by atoms with E-state index in [0.29, 0.717) is 75.5 Å². The molecule has 25 rings (SSSR count). The molecule has 16 heterocycles. The van der Waals surface area contributed by atoms with Crippen LogP contribution in [0.1, 0.15) is 146 Å². The molecule has 4 aromatic carbocycles. The number of carbonyl (C=O) groups is 1. The number of hydrogen-bond donors (Lipinski definition) is 1. The molecule has 0 spiro atoms. The molecule has 10 aliphatic rings. The maximum absolute atomic E-state index is 14.8. The SMILES string of the molecule is CC(C)c1cnc(-c2cnn3ccc(N4CC[C@H]5C[C@]54c4cc(F)ccc4F)nc23)s1.Cc1ncc(-c2cnn3ccc(N4CC[C@H]5C[C@]54c4cc(F)ccc4F)nc23)s1.Fc1ccc(F)c([C@@]23C[C@@H]2CCN3c2ccn3ncc(-c4ncc(C5CC5)s4)c3n2)c1.[2H]C1([2H])C[C@H](C)C([2H])([2H])N1C(=O)Nc1cnn2ccc(N3CC[C@H]4C[C@]43c3cc(F)ccc3F)nc12. The molecule has 9 atom stereocenters. The number of aromatic nitrogens is 15. The molecular weight excluding hydrogens is 1640 g/mol. The zero-order chi connectivity index (χ0) is 87.4. The number of hydrogen-bond acceptors (Lipinski definition) is 19. The van der Waals surface area contributed by atoms with E-state index in [2.05, 4.69) is 74.2 Å². The van der Waals surface area contributed by atoms with Crippen LogP contribution in [0, 0.1) is 83.1 Å². The van der Waals surface area contributed by atoms with Crippen molar-refractivity contribution in [1.82, 2.24) is 78.2 Å². The highest BCUT2D eigenvalue weighted by atomic mass is 32.1. The number of amides is 2. The summed E-state index contributed by atoms with van der Waals surface area (Å²) >= 11 is 4.96. The van der Waals surface area contributed by atoms with Crippen molar-refractivity contribution in [2.24, 2.45) is 29.6 Å². The summed E-state index contributed by atoms with van der Waals surface area (Å²) in [5.74, 6) is 1.11. The standard InChI is InChI=1S/C23H24F2N6O.C23H19F2N5S.C23H21F2N5S.C21H17F2N5S/c1-14-4-7-29(13-14)22(32)27-19-12-26-31-9-6-20(28-21(19)31)30-8-5-15-11-23(15,30)17-10-16(24)2-3-18(17)25;24-15-3-4-18(25)17(9-15)23-10-14(23)5-7-29(23)20-6-8-30-21(28-20)16(11-27-30)22-26-12-19(31-22)13-1-2-13;1-13(2)19-12-26-22(31-19)16-11-27-30-8-6-20(28-21(16)30)29-7-5-14-10-23(14,29)17-9-15(24)3-4-18(17)25;1-12-24-11-18(29-12)15-10-25-28-7-5-19(26-20(15)28)27-6-4-13-9-21(13,27)16-8-14(22)2-3-17(16)23/h2-3,6,9-10,12,14-15H,4-5,7-8,11,13H2,1H3,(H,27,32);3-4,6,8-9,11-14H,1-2,5,7,10H2;3-4,6,8-9,11-14H,5,7,10H2,1-2H3;2-3,5,7-8,10-11,13H,4,6,9H2,1H3/t14-,15-,23+;2*14-,23+;13-,21+/m0000/s1/i7D2,13D2;;;. The molecule has 626 valence electrons. The Balaban J connectivity index is 0.000000100. The molecule has 5 saturated heterocycles. The molecule has 0 radical (unpaired) electrons. The third-order valence-electron chi connectivity index (χ3n) is 26.4. The average Bonchev–Trinajstić information content (AvgIpc) is 1.54. The summed E-state index contributed by atoms with van der Waals surface area (Å²) in [7, 11) is 0. The summed E-state index contributed by atoms with van der Waals surface area (Å²) in [6, 6.07) is 21.3.